The van der Waals surface area contributed by atoms with Crippen LogP contribution in [-0.4, -0.2) is 94.8 Å². The molecule has 0 radical (unpaired) electrons. The summed E-state index contributed by atoms with van der Waals surface area (Å²) >= 11 is 0. The fraction of sp³-hybridized carbons (Fsp3) is 0.0244. The molecule has 2 aromatic heterocycles. The minimum atomic E-state index is -5.06. The van der Waals surface area contributed by atoms with Gasteiger partial charge in [0.2, 0.25) is 0 Å². The predicted molar refractivity (Wildman–Crippen MR) is 246 cm³/mol. The molecule has 0 aliphatic rings. The molecule has 0 aliphatic carbocycles. The van der Waals surface area contributed by atoms with Crippen molar-refractivity contribution in [3.8, 4) is 11.4 Å². The number of aryl methyl sites for hydroxylation is 1. The minimum absolute atomic E-state index is 0.0138. The molecule has 0 saturated heterocycles. The lowest BCUT2D eigenvalue weighted by molar-refractivity contribution is 0.480. The topological polar surface area (TPSA) is 358 Å². The SMILES string of the molecule is Cc1cc(-n2nc3ccc4cc(S(=O)(=O)O)ccc4c3n2)ccc1N=Nc1ccc(/C=C/c2ccc(-n3nc4cc(S(=O)(=O)O)c5ccc(S(=O)(=O)O)cc5c4n3)cc2S(=O)(=O)O)c(S(=O)(=O)O)c1. The van der Waals surface area contributed by atoms with Gasteiger partial charge in [-0.2, -0.15) is 61.9 Å². The number of fused-ring (bicyclic) bond motifs is 6. The van der Waals surface area contributed by atoms with Crippen LogP contribution in [0, 0.1) is 6.92 Å². The van der Waals surface area contributed by atoms with Crippen molar-refractivity contribution < 1.29 is 64.9 Å². The molecule has 69 heavy (non-hydrogen) atoms. The fourth-order valence-corrected chi connectivity index (χ4v) is 10.5. The summed E-state index contributed by atoms with van der Waals surface area (Å²) < 4.78 is 172. The second-order valence-corrected chi connectivity index (χ2v) is 22.1. The Kier molecular flexibility index (Phi) is 11.2. The summed E-state index contributed by atoms with van der Waals surface area (Å²) in [6.07, 6.45) is 2.26. The summed E-state index contributed by atoms with van der Waals surface area (Å²) in [6.45, 7) is 1.72. The van der Waals surface area contributed by atoms with Crippen LogP contribution in [0.25, 0.3) is 67.1 Å². The summed E-state index contributed by atoms with van der Waals surface area (Å²) in [5.74, 6) is 0. The monoisotopic (exact) mass is 1030 g/mol. The van der Waals surface area contributed by atoms with Crippen molar-refractivity contribution in [1.29, 1.82) is 0 Å². The van der Waals surface area contributed by atoms with Crippen LogP contribution in [0.15, 0.2) is 144 Å². The van der Waals surface area contributed by atoms with Gasteiger partial charge < -0.3 is 0 Å². The molecule has 0 aliphatic heterocycles. The zero-order valence-corrected chi connectivity index (χ0v) is 38.6. The number of rotatable bonds is 11. The maximum Gasteiger partial charge on any atom is 0.295 e. The molecule has 0 amide bonds. The summed E-state index contributed by atoms with van der Waals surface area (Å²) in [7, 11) is -24.2. The van der Waals surface area contributed by atoms with Crippen LogP contribution in [-0.2, 0) is 50.6 Å². The van der Waals surface area contributed by atoms with Crippen LogP contribution in [0.4, 0.5) is 11.4 Å². The van der Waals surface area contributed by atoms with E-state index in [1.165, 1.54) is 47.3 Å². The van der Waals surface area contributed by atoms with Gasteiger partial charge in [-0.3, -0.25) is 22.8 Å². The number of hydrogen-bond acceptors (Lipinski definition) is 16. The van der Waals surface area contributed by atoms with Crippen LogP contribution in [0.3, 0.4) is 0 Å². The van der Waals surface area contributed by atoms with Gasteiger partial charge >= 0.3 is 0 Å². The van der Waals surface area contributed by atoms with E-state index in [0.717, 1.165) is 53.3 Å². The first-order valence-corrected chi connectivity index (χ1v) is 26.4. The van der Waals surface area contributed by atoms with Crippen molar-refractivity contribution in [2.75, 3.05) is 0 Å². The summed E-state index contributed by atoms with van der Waals surface area (Å²) in [5.41, 5.74) is 1.63. The zero-order valence-electron chi connectivity index (χ0n) is 34.5. The van der Waals surface area contributed by atoms with E-state index in [2.05, 4.69) is 30.6 Å². The Balaban J connectivity index is 1.00. The van der Waals surface area contributed by atoms with Gasteiger partial charge in [-0.1, -0.05) is 42.5 Å². The van der Waals surface area contributed by atoms with Crippen LogP contribution in [0.2, 0.25) is 0 Å². The Morgan fingerprint density at radius 3 is 1.59 bits per heavy atom. The Morgan fingerprint density at radius 2 is 0.986 bits per heavy atom. The quantitative estimate of drug-likeness (QED) is 0.0518. The highest BCUT2D eigenvalue weighted by Crippen LogP contribution is 2.34. The van der Waals surface area contributed by atoms with E-state index >= 15 is 0 Å². The van der Waals surface area contributed by atoms with Crippen molar-refractivity contribution in [1.82, 2.24) is 30.0 Å². The second-order valence-electron chi connectivity index (χ2n) is 15.1. The molecule has 0 unspecified atom stereocenters. The van der Waals surface area contributed by atoms with E-state index in [4.69, 9.17) is 0 Å². The van der Waals surface area contributed by atoms with Crippen LogP contribution >= 0.6 is 0 Å². The molecule has 0 fully saturated rings. The van der Waals surface area contributed by atoms with Crippen molar-refractivity contribution >= 4 is 118 Å². The van der Waals surface area contributed by atoms with E-state index in [0.29, 0.717) is 38.7 Å². The highest BCUT2D eigenvalue weighted by molar-refractivity contribution is 7.87. The molecule has 5 N–H and O–H groups in total. The number of benzene rings is 7. The number of nitrogens with zero attached hydrogens (tertiary/aromatic N) is 8. The van der Waals surface area contributed by atoms with Gasteiger partial charge in [0.1, 0.15) is 36.8 Å². The van der Waals surface area contributed by atoms with Gasteiger partial charge in [-0.05, 0) is 108 Å². The van der Waals surface area contributed by atoms with Gasteiger partial charge in [-0.25, -0.2) is 0 Å². The van der Waals surface area contributed by atoms with Crippen molar-refractivity contribution in [3.63, 3.8) is 0 Å². The number of azo groups is 1. The maximum absolute atomic E-state index is 12.7. The third-order valence-corrected chi connectivity index (χ3v) is 15.0. The number of aromatic nitrogens is 6. The smallest absolute Gasteiger partial charge is 0.282 e. The van der Waals surface area contributed by atoms with E-state index in [1.54, 1.807) is 37.3 Å². The third-order valence-electron chi connectivity index (χ3n) is 10.5. The van der Waals surface area contributed by atoms with Gasteiger partial charge in [0, 0.05) is 16.2 Å². The van der Waals surface area contributed by atoms with Crippen LogP contribution < -0.4 is 0 Å². The second kappa shape index (κ2) is 16.5. The molecule has 9 rings (SSSR count). The van der Waals surface area contributed by atoms with Crippen LogP contribution in [0.1, 0.15) is 16.7 Å². The first kappa shape index (κ1) is 46.8. The summed E-state index contributed by atoms with van der Waals surface area (Å²) in [5, 5.41) is 26.6. The first-order valence-electron chi connectivity index (χ1n) is 19.2. The van der Waals surface area contributed by atoms with E-state index < -0.39 is 70.2 Å². The third kappa shape index (κ3) is 9.23. The van der Waals surface area contributed by atoms with Gasteiger partial charge in [0.15, 0.2) is 0 Å². The molecular weight excluding hydrogens is 1000 g/mol. The molecule has 0 bridgehead atoms. The normalized spacial score (nSPS) is 13.2. The fourth-order valence-electron chi connectivity index (χ4n) is 7.32. The predicted octanol–water partition coefficient (Wildman–Crippen LogP) is 6.59. The molecular formula is C41H28N8O15S5. The van der Waals surface area contributed by atoms with E-state index in [-0.39, 0.29) is 49.2 Å². The molecule has 0 spiro atoms. The van der Waals surface area contributed by atoms with Crippen molar-refractivity contribution in [2.45, 2.75) is 31.4 Å². The molecule has 0 saturated carbocycles. The molecule has 2 heterocycles. The largest absolute Gasteiger partial charge is 0.295 e. The minimum Gasteiger partial charge on any atom is -0.282 e. The molecule has 28 heteroatoms. The summed E-state index contributed by atoms with van der Waals surface area (Å²) in [6, 6.07) is 23.1. The number of hydrogen-bond donors (Lipinski definition) is 5. The van der Waals surface area contributed by atoms with Crippen molar-refractivity contribution in [2.24, 2.45) is 10.2 Å². The standard InChI is InChI=1S/C41H28N8O15S5/c1-22-16-27(48-44-35-14-6-25-17-29(65(50,51)52)10-12-31(25)40(35)46-48)9-15-34(22)43-42-26-7-4-23(37(18-26)67(56,57)58)2-3-24-5-8-28(19-38(24)68(59,60)61)49-45-36-21-39(69(62,63)64)32-13-11-30(66(53,54)55)20-33(32)41(36)47-49/h2-21H,1H3,(H,50,51,52)(H,53,54,55)(H,56,57,58)(H,59,60,61)(H,62,63,64)/b3-2+,43-42?. The average Bonchev–Trinajstić information content (AvgIpc) is 3.92. The molecule has 0 atom stereocenters. The van der Waals surface area contributed by atoms with Gasteiger partial charge in [0.25, 0.3) is 50.6 Å². The van der Waals surface area contributed by atoms with E-state index in [9.17, 15) is 64.9 Å². The van der Waals surface area contributed by atoms with Crippen molar-refractivity contribution in [3.05, 3.63) is 126 Å². The van der Waals surface area contributed by atoms with Gasteiger partial charge in [-0.15, -0.1) is 20.4 Å². The molecule has 352 valence electrons. The van der Waals surface area contributed by atoms with Gasteiger partial charge in [0.05, 0.1) is 32.5 Å². The van der Waals surface area contributed by atoms with Crippen LogP contribution in [0.5, 0.6) is 0 Å². The first-order chi connectivity index (χ1) is 32.2. The zero-order chi connectivity index (χ0) is 49.6. The summed E-state index contributed by atoms with van der Waals surface area (Å²) in [4.78, 5) is -0.779. The average molecular weight is 1030 g/mol. The molecule has 7 aromatic carbocycles. The Morgan fingerprint density at radius 1 is 0.449 bits per heavy atom. The lowest BCUT2D eigenvalue weighted by Crippen LogP contribution is -2.05. The highest BCUT2D eigenvalue weighted by Gasteiger charge is 2.24. The lowest BCUT2D eigenvalue weighted by Gasteiger charge is -2.08. The Bertz CT molecular complexity index is 4360. The Labute approximate surface area is 389 Å². The Hall–Kier alpha value is -7.25. The molecule has 23 nitrogen and oxygen atoms in total. The highest BCUT2D eigenvalue weighted by atomic mass is 32.2. The van der Waals surface area contributed by atoms with E-state index in [1.807, 2.05) is 0 Å². The lowest BCUT2D eigenvalue weighted by atomic mass is 10.1. The maximum atomic E-state index is 12.7. The molecule has 9 aromatic rings.